The van der Waals surface area contributed by atoms with Crippen LogP contribution in [-0.2, 0) is 20.8 Å². The number of thiazole rings is 1. The number of carboxylic acid groups (broad SMARTS) is 1. The van der Waals surface area contributed by atoms with Crippen molar-refractivity contribution in [3.8, 4) is 10.4 Å². The molecule has 1 aliphatic carbocycles. The Morgan fingerprint density at radius 1 is 1.11 bits per heavy atom. The van der Waals surface area contributed by atoms with Gasteiger partial charge in [-0.15, -0.1) is 10.2 Å². The molecule has 0 aliphatic heterocycles. The van der Waals surface area contributed by atoms with Crippen LogP contribution < -0.4 is 5.32 Å². The number of aryl methyl sites for hydroxylation is 1. The second kappa shape index (κ2) is 9.47. The second-order valence-electron chi connectivity index (χ2n) is 8.37. The number of anilines is 2. The standard InChI is InChI=1S/C21H21F3N4O4S3/c1-10-16(13-7-8-15(35(2,31)32)14(9-13)21(22,23)24)33-19(25-10)26-20-28-27-17(34-20)11-3-5-12(6-4-11)18(29)30/h7-9,11-12H,3-6H2,1-2H3,(H,29,30)(H,25,26,28). The lowest BCUT2D eigenvalue weighted by atomic mass is 9.82. The van der Waals surface area contributed by atoms with E-state index in [2.05, 4.69) is 20.5 Å². The summed E-state index contributed by atoms with van der Waals surface area (Å²) in [4.78, 5) is 15.2. The third kappa shape index (κ3) is 5.64. The number of hydrogen-bond acceptors (Lipinski definition) is 9. The van der Waals surface area contributed by atoms with Crippen LogP contribution in [0.3, 0.4) is 0 Å². The molecule has 2 heterocycles. The Morgan fingerprint density at radius 3 is 2.40 bits per heavy atom. The number of aliphatic carboxylic acids is 1. The SMILES string of the molecule is Cc1nc(Nc2nnc(C3CCC(C(=O)O)CC3)s2)sc1-c1ccc(S(C)(=O)=O)c(C(F)(F)F)c1. The van der Waals surface area contributed by atoms with Gasteiger partial charge in [0.1, 0.15) is 5.01 Å². The molecular formula is C21H21F3N4O4S3. The minimum Gasteiger partial charge on any atom is -0.481 e. The monoisotopic (exact) mass is 546 g/mol. The van der Waals surface area contributed by atoms with E-state index in [0.717, 1.165) is 47.6 Å². The average molecular weight is 547 g/mol. The molecule has 0 bridgehead atoms. The van der Waals surface area contributed by atoms with Crippen LogP contribution in [-0.4, -0.2) is 40.9 Å². The Morgan fingerprint density at radius 2 is 1.80 bits per heavy atom. The first-order valence-corrected chi connectivity index (χ1v) is 14.1. The van der Waals surface area contributed by atoms with Crippen molar-refractivity contribution in [3.05, 3.63) is 34.5 Å². The van der Waals surface area contributed by atoms with Crippen molar-refractivity contribution in [2.45, 2.75) is 49.6 Å². The maximum atomic E-state index is 13.6. The molecule has 1 saturated carbocycles. The van der Waals surface area contributed by atoms with Gasteiger partial charge in [0.05, 0.1) is 26.9 Å². The van der Waals surface area contributed by atoms with Crippen LogP contribution in [0.4, 0.5) is 23.4 Å². The van der Waals surface area contributed by atoms with Crippen LogP contribution in [0.5, 0.6) is 0 Å². The molecule has 14 heteroatoms. The van der Waals surface area contributed by atoms with Crippen LogP contribution in [0.1, 0.15) is 47.9 Å². The Hall–Kier alpha value is -2.58. The fraction of sp³-hybridized carbons (Fsp3) is 0.429. The van der Waals surface area contributed by atoms with Crippen LogP contribution in [0, 0.1) is 12.8 Å². The molecule has 188 valence electrons. The van der Waals surface area contributed by atoms with Gasteiger partial charge in [0.25, 0.3) is 0 Å². The zero-order valence-corrected chi connectivity index (χ0v) is 21.0. The van der Waals surface area contributed by atoms with E-state index in [9.17, 15) is 26.4 Å². The fourth-order valence-electron chi connectivity index (χ4n) is 4.06. The molecule has 0 unspecified atom stereocenters. The number of benzene rings is 1. The van der Waals surface area contributed by atoms with Crippen molar-refractivity contribution in [2.24, 2.45) is 5.92 Å². The number of carboxylic acids is 1. The number of rotatable bonds is 6. The number of aromatic nitrogens is 3. The molecule has 1 fully saturated rings. The highest BCUT2D eigenvalue weighted by Gasteiger charge is 2.36. The first-order chi connectivity index (χ1) is 16.3. The Balaban J connectivity index is 1.54. The summed E-state index contributed by atoms with van der Waals surface area (Å²) in [5.41, 5.74) is -0.526. The van der Waals surface area contributed by atoms with Gasteiger partial charge < -0.3 is 10.4 Å². The molecule has 0 radical (unpaired) electrons. The van der Waals surface area contributed by atoms with Crippen molar-refractivity contribution in [3.63, 3.8) is 0 Å². The number of hydrogen-bond donors (Lipinski definition) is 2. The highest BCUT2D eigenvalue weighted by molar-refractivity contribution is 7.90. The average Bonchev–Trinajstić information content (AvgIpc) is 3.38. The zero-order chi connectivity index (χ0) is 25.5. The second-order valence-corrected chi connectivity index (χ2v) is 12.4. The predicted octanol–water partition coefficient (Wildman–Crippen LogP) is 5.49. The number of alkyl halides is 3. The van der Waals surface area contributed by atoms with Crippen LogP contribution >= 0.6 is 22.7 Å². The summed E-state index contributed by atoms with van der Waals surface area (Å²) >= 11 is 2.46. The van der Waals surface area contributed by atoms with Crippen LogP contribution in [0.2, 0.25) is 0 Å². The van der Waals surface area contributed by atoms with Crippen LogP contribution in [0.25, 0.3) is 10.4 Å². The van der Waals surface area contributed by atoms with Crippen molar-refractivity contribution in [1.82, 2.24) is 15.2 Å². The number of nitrogens with one attached hydrogen (secondary N) is 1. The van der Waals surface area contributed by atoms with Gasteiger partial charge >= 0.3 is 12.1 Å². The van der Waals surface area contributed by atoms with E-state index in [1.54, 1.807) is 6.92 Å². The molecule has 35 heavy (non-hydrogen) atoms. The van der Waals surface area contributed by atoms with Crippen molar-refractivity contribution < 1.29 is 31.5 Å². The van der Waals surface area contributed by atoms with Gasteiger partial charge in [0, 0.05) is 12.2 Å². The molecule has 2 aromatic heterocycles. The lowest BCUT2D eigenvalue weighted by molar-refractivity contribution is -0.143. The van der Waals surface area contributed by atoms with Crippen molar-refractivity contribution in [1.29, 1.82) is 0 Å². The largest absolute Gasteiger partial charge is 0.481 e. The minimum atomic E-state index is -4.83. The van der Waals surface area contributed by atoms with Gasteiger partial charge in [-0.3, -0.25) is 4.79 Å². The summed E-state index contributed by atoms with van der Waals surface area (Å²) in [5, 5.41) is 22.2. The molecule has 1 aliphatic rings. The van der Waals surface area contributed by atoms with E-state index in [4.69, 9.17) is 5.11 Å². The number of nitrogens with zero attached hydrogens (tertiary/aromatic N) is 3. The highest BCUT2D eigenvalue weighted by Crippen LogP contribution is 2.41. The Kier molecular flexibility index (Phi) is 6.90. The summed E-state index contributed by atoms with van der Waals surface area (Å²) < 4.78 is 64.3. The molecule has 2 N–H and O–H groups in total. The van der Waals surface area contributed by atoms with Gasteiger partial charge in [-0.2, -0.15) is 13.2 Å². The van der Waals surface area contributed by atoms with E-state index in [0.29, 0.717) is 33.7 Å². The summed E-state index contributed by atoms with van der Waals surface area (Å²) in [6, 6.07) is 3.14. The summed E-state index contributed by atoms with van der Waals surface area (Å²) in [7, 11) is -4.06. The summed E-state index contributed by atoms with van der Waals surface area (Å²) in [6.07, 6.45) is -1.47. The molecule has 0 spiro atoms. The predicted molar refractivity (Wildman–Crippen MR) is 126 cm³/mol. The summed E-state index contributed by atoms with van der Waals surface area (Å²) in [5.74, 6) is -0.953. The number of carbonyl (C=O) groups is 1. The highest BCUT2D eigenvalue weighted by atomic mass is 32.2. The number of halogens is 3. The number of sulfone groups is 1. The van der Waals surface area contributed by atoms with E-state index in [1.165, 1.54) is 17.4 Å². The molecule has 8 nitrogen and oxygen atoms in total. The maximum absolute atomic E-state index is 13.6. The zero-order valence-electron chi connectivity index (χ0n) is 18.6. The van der Waals surface area contributed by atoms with Gasteiger partial charge in [-0.25, -0.2) is 13.4 Å². The van der Waals surface area contributed by atoms with Gasteiger partial charge in [-0.1, -0.05) is 28.7 Å². The molecule has 0 amide bonds. The summed E-state index contributed by atoms with van der Waals surface area (Å²) in [6.45, 7) is 1.65. The lowest BCUT2D eigenvalue weighted by Crippen LogP contribution is -2.20. The van der Waals surface area contributed by atoms with E-state index < -0.39 is 32.4 Å². The first kappa shape index (κ1) is 25.5. The maximum Gasteiger partial charge on any atom is 0.417 e. The molecule has 1 aromatic carbocycles. The van der Waals surface area contributed by atoms with Gasteiger partial charge in [0.15, 0.2) is 15.0 Å². The quantitative estimate of drug-likeness (QED) is 0.416. The molecule has 0 atom stereocenters. The first-order valence-electron chi connectivity index (χ1n) is 10.5. The van der Waals surface area contributed by atoms with Crippen LogP contribution in [0.15, 0.2) is 23.1 Å². The lowest BCUT2D eigenvalue weighted by Gasteiger charge is -2.23. The third-order valence-electron chi connectivity index (χ3n) is 5.82. The minimum absolute atomic E-state index is 0.140. The molecule has 0 saturated heterocycles. The Labute approximate surface area is 207 Å². The smallest absolute Gasteiger partial charge is 0.417 e. The normalized spacial score (nSPS) is 19.0. The van der Waals surface area contributed by atoms with Crippen molar-refractivity contribution in [2.75, 3.05) is 11.6 Å². The van der Waals surface area contributed by atoms with Gasteiger partial charge in [0.2, 0.25) is 5.13 Å². The molecule has 4 rings (SSSR count). The topological polar surface area (TPSA) is 122 Å². The molecule has 3 aromatic rings. The third-order valence-corrected chi connectivity index (χ3v) is 9.10. The van der Waals surface area contributed by atoms with E-state index in [-0.39, 0.29) is 17.4 Å². The van der Waals surface area contributed by atoms with E-state index in [1.807, 2.05) is 0 Å². The Bertz CT molecular complexity index is 1360. The van der Waals surface area contributed by atoms with Gasteiger partial charge in [-0.05, 0) is 50.3 Å². The fourth-order valence-corrected chi connectivity index (χ4v) is 6.89. The molecular weight excluding hydrogens is 525 g/mol. The van der Waals surface area contributed by atoms with Crippen molar-refractivity contribution >= 4 is 48.7 Å². The van der Waals surface area contributed by atoms with E-state index >= 15 is 0 Å².